The number of nitrogens with two attached hydrogens (primary N) is 1. The van der Waals surface area contributed by atoms with Crippen molar-refractivity contribution < 1.29 is 9.53 Å². The fourth-order valence-electron chi connectivity index (χ4n) is 2.10. The second kappa shape index (κ2) is 6.02. The van der Waals surface area contributed by atoms with Crippen LogP contribution in [0, 0.1) is 11.3 Å². The van der Waals surface area contributed by atoms with E-state index in [1.807, 2.05) is 31.2 Å². The molecule has 2 aromatic rings. The van der Waals surface area contributed by atoms with E-state index in [1.54, 1.807) is 10.8 Å². The third kappa shape index (κ3) is 2.65. The number of nitrogens with zero attached hydrogens (tertiary/aromatic N) is 2. The van der Waals surface area contributed by atoms with Crippen LogP contribution in [0.25, 0.3) is 5.69 Å². The lowest BCUT2D eigenvalue weighted by Crippen LogP contribution is -2.11. The number of hydrogen-bond donors (Lipinski definition) is 1. The summed E-state index contributed by atoms with van der Waals surface area (Å²) in [5, 5.41) is 9.10. The normalized spacial score (nSPS) is 10.2. The molecule has 2 N–H and O–H groups in total. The molecule has 0 atom stereocenters. The first-order valence-corrected chi connectivity index (χ1v) is 7.10. The summed E-state index contributed by atoms with van der Waals surface area (Å²) in [6.45, 7) is 2.04. The van der Waals surface area contributed by atoms with E-state index in [9.17, 15) is 4.79 Å². The minimum absolute atomic E-state index is 0.130. The van der Waals surface area contributed by atoms with Gasteiger partial charge in [0.05, 0.1) is 18.4 Å². The third-order valence-corrected chi connectivity index (χ3v) is 4.01. The van der Waals surface area contributed by atoms with Crippen LogP contribution in [0.4, 0.5) is 5.69 Å². The number of carbonyl (C=O) groups is 1. The molecule has 0 aliphatic carbocycles. The monoisotopic (exact) mass is 347 g/mol. The number of rotatable bonds is 3. The van der Waals surface area contributed by atoms with Gasteiger partial charge in [0.1, 0.15) is 6.07 Å². The number of esters is 1. The van der Waals surface area contributed by atoms with Crippen molar-refractivity contribution in [1.29, 1.82) is 5.26 Å². The summed E-state index contributed by atoms with van der Waals surface area (Å²) in [5.41, 5.74) is 8.26. The SMILES string of the molecule is CCc1cc(-n2cc(C#N)c(N)c2C(=O)OC)ccc1Br. The van der Waals surface area contributed by atoms with Crippen LogP contribution in [-0.4, -0.2) is 17.6 Å². The topological polar surface area (TPSA) is 81.0 Å². The number of halogens is 1. The molecule has 0 unspecified atom stereocenters. The molecule has 5 nitrogen and oxygen atoms in total. The van der Waals surface area contributed by atoms with Crippen molar-refractivity contribution >= 4 is 27.6 Å². The van der Waals surface area contributed by atoms with Crippen molar-refractivity contribution in [2.45, 2.75) is 13.3 Å². The van der Waals surface area contributed by atoms with Crippen LogP contribution >= 0.6 is 15.9 Å². The quantitative estimate of drug-likeness (QED) is 0.865. The molecule has 1 aromatic heterocycles. The van der Waals surface area contributed by atoms with Gasteiger partial charge in [0.15, 0.2) is 5.69 Å². The molecule has 0 spiro atoms. The number of ether oxygens (including phenoxy) is 1. The van der Waals surface area contributed by atoms with E-state index in [0.717, 1.165) is 22.1 Å². The number of carbonyl (C=O) groups excluding carboxylic acids is 1. The van der Waals surface area contributed by atoms with Gasteiger partial charge in [0.25, 0.3) is 0 Å². The largest absolute Gasteiger partial charge is 0.464 e. The Hall–Kier alpha value is -2.26. The average molecular weight is 348 g/mol. The van der Waals surface area contributed by atoms with Crippen LogP contribution in [0.15, 0.2) is 28.9 Å². The molecule has 1 aromatic carbocycles. The second-order valence-electron chi connectivity index (χ2n) is 4.41. The van der Waals surface area contributed by atoms with Crippen molar-refractivity contribution in [2.75, 3.05) is 12.8 Å². The Morgan fingerprint density at radius 3 is 2.81 bits per heavy atom. The van der Waals surface area contributed by atoms with E-state index in [1.165, 1.54) is 7.11 Å². The summed E-state index contributed by atoms with van der Waals surface area (Å²) in [5.74, 6) is -0.574. The number of methoxy groups -OCH3 is 1. The van der Waals surface area contributed by atoms with E-state index in [2.05, 4.69) is 15.9 Å². The van der Waals surface area contributed by atoms with Crippen molar-refractivity contribution in [1.82, 2.24) is 4.57 Å². The van der Waals surface area contributed by atoms with E-state index >= 15 is 0 Å². The Labute approximate surface area is 131 Å². The molecular formula is C15H14BrN3O2. The van der Waals surface area contributed by atoms with Crippen molar-refractivity contribution in [3.05, 3.63) is 45.7 Å². The molecule has 6 heteroatoms. The number of hydrogen-bond acceptors (Lipinski definition) is 4. The van der Waals surface area contributed by atoms with Gasteiger partial charge in [0, 0.05) is 16.4 Å². The van der Waals surface area contributed by atoms with Crippen LogP contribution in [0.3, 0.4) is 0 Å². The van der Waals surface area contributed by atoms with E-state index in [4.69, 9.17) is 15.7 Å². The van der Waals surface area contributed by atoms with Crippen LogP contribution in [0.2, 0.25) is 0 Å². The van der Waals surface area contributed by atoms with Gasteiger partial charge in [-0.15, -0.1) is 0 Å². The third-order valence-electron chi connectivity index (χ3n) is 3.23. The summed E-state index contributed by atoms with van der Waals surface area (Å²) >= 11 is 3.48. The molecule has 0 saturated carbocycles. The first-order chi connectivity index (χ1) is 10.0. The van der Waals surface area contributed by atoms with Crippen molar-refractivity contribution in [3.8, 4) is 11.8 Å². The van der Waals surface area contributed by atoms with Gasteiger partial charge in [-0.05, 0) is 30.2 Å². The molecule has 0 aliphatic heterocycles. The smallest absolute Gasteiger partial charge is 0.357 e. The molecule has 2 rings (SSSR count). The Balaban J connectivity index is 2.69. The van der Waals surface area contributed by atoms with Crippen molar-refractivity contribution in [3.63, 3.8) is 0 Å². The van der Waals surface area contributed by atoms with E-state index in [-0.39, 0.29) is 16.9 Å². The molecule has 0 bridgehead atoms. The summed E-state index contributed by atoms with van der Waals surface area (Å²) in [6, 6.07) is 7.67. The zero-order valence-electron chi connectivity index (χ0n) is 11.7. The maximum absolute atomic E-state index is 11.9. The van der Waals surface area contributed by atoms with Gasteiger partial charge < -0.3 is 15.0 Å². The number of aryl methyl sites for hydroxylation is 1. The zero-order valence-corrected chi connectivity index (χ0v) is 13.3. The average Bonchev–Trinajstić information content (AvgIpc) is 2.83. The van der Waals surface area contributed by atoms with Gasteiger partial charge in [-0.3, -0.25) is 0 Å². The fourth-order valence-corrected chi connectivity index (χ4v) is 2.63. The maximum atomic E-state index is 11.9. The minimum atomic E-state index is -0.574. The molecular weight excluding hydrogens is 334 g/mol. The van der Waals surface area contributed by atoms with Crippen LogP contribution < -0.4 is 5.73 Å². The molecule has 0 fully saturated rings. The highest BCUT2D eigenvalue weighted by Gasteiger charge is 2.21. The Morgan fingerprint density at radius 2 is 2.24 bits per heavy atom. The predicted molar refractivity (Wildman–Crippen MR) is 83.3 cm³/mol. The summed E-state index contributed by atoms with van der Waals surface area (Å²) in [6.07, 6.45) is 2.38. The highest BCUT2D eigenvalue weighted by molar-refractivity contribution is 9.10. The van der Waals surface area contributed by atoms with E-state index < -0.39 is 5.97 Å². The molecule has 21 heavy (non-hydrogen) atoms. The van der Waals surface area contributed by atoms with Crippen LogP contribution in [0.1, 0.15) is 28.5 Å². The lowest BCUT2D eigenvalue weighted by atomic mass is 10.1. The summed E-state index contributed by atoms with van der Waals surface area (Å²) in [4.78, 5) is 11.9. The molecule has 0 saturated heterocycles. The molecule has 0 aliphatic rings. The second-order valence-corrected chi connectivity index (χ2v) is 5.26. The first kappa shape index (κ1) is 15.1. The summed E-state index contributed by atoms with van der Waals surface area (Å²) < 4.78 is 7.34. The molecule has 0 amide bonds. The highest BCUT2D eigenvalue weighted by atomic mass is 79.9. The van der Waals surface area contributed by atoms with Crippen LogP contribution in [-0.2, 0) is 11.2 Å². The van der Waals surface area contributed by atoms with E-state index in [0.29, 0.717) is 0 Å². The molecule has 108 valence electrons. The lowest BCUT2D eigenvalue weighted by Gasteiger charge is -2.10. The lowest BCUT2D eigenvalue weighted by molar-refractivity contribution is 0.0593. The Bertz CT molecular complexity index is 744. The molecule has 0 radical (unpaired) electrons. The Kier molecular flexibility index (Phi) is 4.34. The van der Waals surface area contributed by atoms with Gasteiger partial charge in [-0.2, -0.15) is 5.26 Å². The number of aromatic nitrogens is 1. The predicted octanol–water partition coefficient (Wildman–Crippen LogP) is 3.04. The number of anilines is 1. The van der Waals surface area contributed by atoms with Gasteiger partial charge in [0.2, 0.25) is 0 Å². The molecule has 1 heterocycles. The number of nitriles is 1. The Morgan fingerprint density at radius 1 is 1.52 bits per heavy atom. The highest BCUT2D eigenvalue weighted by Crippen LogP contribution is 2.27. The summed E-state index contributed by atoms with van der Waals surface area (Å²) in [7, 11) is 1.28. The number of nitrogen functional groups attached to an aromatic ring is 1. The standard InChI is InChI=1S/C15H14BrN3O2/c1-3-9-6-11(4-5-12(9)16)19-8-10(7-17)13(18)14(19)15(20)21-2/h4-6,8H,3,18H2,1-2H3. The number of benzene rings is 1. The van der Waals surface area contributed by atoms with Crippen LogP contribution in [0.5, 0.6) is 0 Å². The van der Waals surface area contributed by atoms with Gasteiger partial charge in [-0.1, -0.05) is 22.9 Å². The fraction of sp³-hybridized carbons (Fsp3) is 0.200. The maximum Gasteiger partial charge on any atom is 0.357 e. The minimum Gasteiger partial charge on any atom is -0.464 e. The van der Waals surface area contributed by atoms with Gasteiger partial charge >= 0.3 is 5.97 Å². The van der Waals surface area contributed by atoms with Crippen molar-refractivity contribution in [2.24, 2.45) is 0 Å². The zero-order chi connectivity index (χ0) is 15.6. The van der Waals surface area contributed by atoms with Gasteiger partial charge in [-0.25, -0.2) is 4.79 Å². The first-order valence-electron chi connectivity index (χ1n) is 6.31.